The minimum absolute atomic E-state index is 0.0636. The summed E-state index contributed by atoms with van der Waals surface area (Å²) >= 11 is 0. The number of amides is 3. The average Bonchev–Trinajstić information content (AvgIpc) is 2.93. The van der Waals surface area contributed by atoms with Gasteiger partial charge < -0.3 is 0 Å². The number of urea groups is 1. The van der Waals surface area contributed by atoms with Crippen LogP contribution in [0.2, 0.25) is 0 Å². The third-order valence-corrected chi connectivity index (χ3v) is 4.59. The molecule has 0 saturated carbocycles. The van der Waals surface area contributed by atoms with E-state index in [2.05, 4.69) is 16.7 Å². The topological polar surface area (TPSA) is 71.6 Å². The molecule has 0 spiro atoms. The molecular formula is C16H23N6O2+. The van der Waals surface area contributed by atoms with Crippen molar-refractivity contribution in [3.63, 3.8) is 0 Å². The summed E-state index contributed by atoms with van der Waals surface area (Å²) in [6.07, 6.45) is 0. The second-order valence-corrected chi connectivity index (χ2v) is 6.44. The summed E-state index contributed by atoms with van der Waals surface area (Å²) in [6.45, 7) is 12.4. The molecule has 3 rings (SSSR count). The van der Waals surface area contributed by atoms with Crippen molar-refractivity contribution < 1.29 is 14.2 Å². The van der Waals surface area contributed by atoms with Crippen LogP contribution in [0.5, 0.6) is 0 Å². The highest BCUT2D eigenvalue weighted by atomic mass is 16.2. The number of likely N-dealkylation sites (N-methyl/N-ethyl adjacent to an activating group) is 1. The van der Waals surface area contributed by atoms with E-state index in [1.165, 1.54) is 9.80 Å². The van der Waals surface area contributed by atoms with Crippen molar-refractivity contribution in [1.29, 1.82) is 0 Å². The molecule has 8 nitrogen and oxygen atoms in total. The lowest BCUT2D eigenvalue weighted by molar-refractivity contribution is -0.559. The Morgan fingerprint density at radius 3 is 2.62 bits per heavy atom. The Labute approximate surface area is 141 Å². The first-order chi connectivity index (χ1) is 11.3. The molecule has 3 aliphatic heterocycles. The van der Waals surface area contributed by atoms with Crippen molar-refractivity contribution in [2.45, 2.75) is 39.8 Å². The van der Waals surface area contributed by atoms with Gasteiger partial charge in [-0.2, -0.15) is 0 Å². The van der Waals surface area contributed by atoms with E-state index < -0.39 is 6.04 Å². The van der Waals surface area contributed by atoms with Gasteiger partial charge in [-0.25, -0.2) is 9.37 Å². The van der Waals surface area contributed by atoms with Gasteiger partial charge in [-0.05, 0) is 27.7 Å². The van der Waals surface area contributed by atoms with Gasteiger partial charge in [0.25, 0.3) is 5.91 Å². The van der Waals surface area contributed by atoms with Crippen molar-refractivity contribution in [3.05, 3.63) is 12.2 Å². The number of imide groups is 1. The summed E-state index contributed by atoms with van der Waals surface area (Å²) in [7, 11) is 1.65. The number of nitrogens with zero attached hydrogens (tertiary/aromatic N) is 6. The maximum Gasteiger partial charge on any atom is 0.416 e. The molecule has 0 aromatic carbocycles. The average molecular weight is 331 g/mol. The Hall–Kier alpha value is -2.51. The van der Waals surface area contributed by atoms with Crippen LogP contribution in [0, 0.1) is 0 Å². The molecule has 0 N–H and O–H groups in total. The molecule has 2 unspecified atom stereocenters. The first-order valence-corrected chi connectivity index (χ1v) is 8.07. The molecule has 3 amide bonds. The minimum Gasteiger partial charge on any atom is -0.270 e. The SMILES string of the molecule is C=C(C)CN1C(=O)C2C(=NC3=[N+]2C(C)C(C)=NN3CC)N(C)C1=O. The first-order valence-electron chi connectivity index (χ1n) is 8.07. The molecule has 1 saturated heterocycles. The summed E-state index contributed by atoms with van der Waals surface area (Å²) in [5.74, 6) is 0.835. The number of carbonyl (C=O) groups is 2. The summed E-state index contributed by atoms with van der Waals surface area (Å²) < 4.78 is 1.96. The summed E-state index contributed by atoms with van der Waals surface area (Å²) in [5.41, 5.74) is 1.67. The van der Waals surface area contributed by atoms with Gasteiger partial charge in [0.2, 0.25) is 11.9 Å². The van der Waals surface area contributed by atoms with Gasteiger partial charge in [-0.15, -0.1) is 10.1 Å². The molecule has 24 heavy (non-hydrogen) atoms. The van der Waals surface area contributed by atoms with Crippen LogP contribution in [0.4, 0.5) is 4.79 Å². The number of rotatable bonds is 3. The van der Waals surface area contributed by atoms with Gasteiger partial charge in [0, 0.05) is 7.05 Å². The van der Waals surface area contributed by atoms with Crippen molar-refractivity contribution in [1.82, 2.24) is 14.8 Å². The van der Waals surface area contributed by atoms with Crippen LogP contribution in [0.1, 0.15) is 27.7 Å². The second-order valence-electron chi connectivity index (χ2n) is 6.44. The third kappa shape index (κ3) is 2.16. The molecule has 0 bridgehead atoms. The van der Waals surface area contributed by atoms with Gasteiger partial charge in [0.05, 0.1) is 18.8 Å². The molecule has 0 aliphatic carbocycles. The Balaban J connectivity index is 2.07. The molecule has 2 atom stereocenters. The van der Waals surface area contributed by atoms with E-state index in [1.54, 1.807) is 19.0 Å². The lowest BCUT2D eigenvalue weighted by Crippen LogP contribution is -2.64. The standard InChI is InChI=1S/C16H23N6O2/c1-7-21-15-17-13-12(22(15)11(5)10(4)18-21)14(23)20(8-9(2)3)16(24)19(13)6/h11-12H,2,7-8H2,1,3-6H3/q+1. The number of aliphatic imine (C=N–C) groups is 1. The molecule has 0 aromatic rings. The van der Waals surface area contributed by atoms with E-state index in [1.807, 2.05) is 25.3 Å². The van der Waals surface area contributed by atoms with Crippen molar-refractivity contribution in [2.75, 3.05) is 20.1 Å². The monoisotopic (exact) mass is 331 g/mol. The van der Waals surface area contributed by atoms with Crippen LogP contribution in [0.15, 0.2) is 22.2 Å². The number of carbonyl (C=O) groups excluding carboxylic acids is 2. The Kier molecular flexibility index (Phi) is 3.77. The van der Waals surface area contributed by atoms with Gasteiger partial charge in [0.15, 0.2) is 0 Å². The van der Waals surface area contributed by atoms with E-state index in [0.717, 1.165) is 11.3 Å². The van der Waals surface area contributed by atoms with Crippen LogP contribution < -0.4 is 0 Å². The second kappa shape index (κ2) is 5.54. The quantitative estimate of drug-likeness (QED) is 0.565. The zero-order valence-electron chi connectivity index (χ0n) is 14.8. The van der Waals surface area contributed by atoms with Crippen LogP contribution >= 0.6 is 0 Å². The number of guanidine groups is 1. The molecule has 0 aromatic heterocycles. The summed E-state index contributed by atoms with van der Waals surface area (Å²) in [6, 6.07) is -1.03. The molecule has 128 valence electrons. The van der Waals surface area contributed by atoms with E-state index in [0.29, 0.717) is 18.3 Å². The lowest BCUT2D eigenvalue weighted by atomic mass is 10.1. The molecule has 3 aliphatic rings. The number of hydrazone groups is 1. The highest BCUT2D eigenvalue weighted by Gasteiger charge is 2.55. The summed E-state index contributed by atoms with van der Waals surface area (Å²) in [5, 5.41) is 6.31. The fourth-order valence-electron chi connectivity index (χ4n) is 3.21. The van der Waals surface area contributed by atoms with Gasteiger partial charge in [-0.1, -0.05) is 17.1 Å². The van der Waals surface area contributed by atoms with Crippen LogP contribution in [-0.4, -0.2) is 81.1 Å². The fraction of sp³-hybridized carbons (Fsp3) is 0.562. The minimum atomic E-state index is -0.600. The van der Waals surface area contributed by atoms with Gasteiger partial charge in [-0.3, -0.25) is 14.6 Å². The van der Waals surface area contributed by atoms with E-state index in [4.69, 9.17) is 0 Å². The highest BCUT2D eigenvalue weighted by Crippen LogP contribution is 2.25. The number of amidine groups is 1. The van der Waals surface area contributed by atoms with Crippen LogP contribution in [0.25, 0.3) is 0 Å². The molecular weight excluding hydrogens is 308 g/mol. The Bertz CT molecular complexity index is 735. The van der Waals surface area contributed by atoms with Gasteiger partial charge >= 0.3 is 12.0 Å². The maximum absolute atomic E-state index is 13.0. The maximum atomic E-state index is 13.0. The smallest absolute Gasteiger partial charge is 0.270 e. The highest BCUT2D eigenvalue weighted by molar-refractivity contribution is 6.23. The van der Waals surface area contributed by atoms with Crippen molar-refractivity contribution >= 4 is 29.4 Å². The van der Waals surface area contributed by atoms with Crippen molar-refractivity contribution in [3.8, 4) is 0 Å². The Morgan fingerprint density at radius 2 is 2.04 bits per heavy atom. The number of hydrogen-bond donors (Lipinski definition) is 0. The number of hydrogen-bond acceptors (Lipinski definition) is 5. The summed E-state index contributed by atoms with van der Waals surface area (Å²) in [4.78, 5) is 32.9. The van der Waals surface area contributed by atoms with E-state index >= 15 is 0 Å². The third-order valence-electron chi connectivity index (χ3n) is 4.59. The normalized spacial score (nSPS) is 26.5. The first kappa shape index (κ1) is 16.4. The zero-order chi connectivity index (χ0) is 17.8. The van der Waals surface area contributed by atoms with Crippen LogP contribution in [-0.2, 0) is 4.79 Å². The fourth-order valence-corrected chi connectivity index (χ4v) is 3.21. The molecule has 1 fully saturated rings. The zero-order valence-corrected chi connectivity index (χ0v) is 14.8. The molecule has 8 heteroatoms. The largest absolute Gasteiger partial charge is 0.416 e. The molecule has 3 heterocycles. The number of fused-ring (bicyclic) bond motifs is 2. The van der Waals surface area contributed by atoms with Gasteiger partial charge in [0.1, 0.15) is 6.04 Å². The predicted molar refractivity (Wildman–Crippen MR) is 91.1 cm³/mol. The van der Waals surface area contributed by atoms with E-state index in [9.17, 15) is 9.59 Å². The lowest BCUT2D eigenvalue weighted by Gasteiger charge is -2.35. The van der Waals surface area contributed by atoms with E-state index in [-0.39, 0.29) is 24.5 Å². The Morgan fingerprint density at radius 1 is 1.38 bits per heavy atom. The predicted octanol–water partition coefficient (Wildman–Crippen LogP) is 0.706. The van der Waals surface area contributed by atoms with Crippen LogP contribution in [0.3, 0.4) is 0 Å². The molecule has 0 radical (unpaired) electrons. The van der Waals surface area contributed by atoms with Crippen molar-refractivity contribution in [2.24, 2.45) is 10.1 Å².